The van der Waals surface area contributed by atoms with Gasteiger partial charge >= 0.3 is 0 Å². The summed E-state index contributed by atoms with van der Waals surface area (Å²) in [4.78, 5) is 13.5. The molecule has 1 atom stereocenters. The van der Waals surface area contributed by atoms with E-state index in [9.17, 15) is 9.36 Å². The fourth-order valence-corrected chi connectivity index (χ4v) is 7.69. The zero-order valence-corrected chi connectivity index (χ0v) is 19.9. The van der Waals surface area contributed by atoms with E-state index in [-0.39, 0.29) is 5.52 Å². The van der Waals surface area contributed by atoms with Crippen LogP contribution in [0, 0.1) is 20.8 Å². The molecule has 0 saturated carbocycles. The summed E-state index contributed by atoms with van der Waals surface area (Å²) in [5, 5.41) is 0.602. The van der Waals surface area contributed by atoms with E-state index in [1.165, 1.54) is 25.7 Å². The number of unbranched alkanes of at least 4 members (excludes halogenated alkanes) is 5. The highest BCUT2D eigenvalue weighted by Gasteiger charge is 2.37. The summed E-state index contributed by atoms with van der Waals surface area (Å²) in [6.07, 6.45) is 3.88. The van der Waals surface area contributed by atoms with Crippen molar-refractivity contribution in [2.75, 3.05) is 6.54 Å². The van der Waals surface area contributed by atoms with Gasteiger partial charge in [-0.3, -0.25) is 14.1 Å². The first kappa shape index (κ1) is 23.9. The second kappa shape index (κ2) is 11.7. The van der Waals surface area contributed by atoms with Crippen LogP contribution in [0.1, 0.15) is 72.5 Å². The number of rotatable bonds is 12. The molecule has 3 nitrogen and oxygen atoms in total. The lowest BCUT2D eigenvalue weighted by Crippen LogP contribution is -2.17. The molecule has 0 aromatic heterocycles. The Bertz CT molecular complexity index is 828. The van der Waals surface area contributed by atoms with E-state index in [0.29, 0.717) is 10.9 Å². The van der Waals surface area contributed by atoms with Gasteiger partial charge < -0.3 is 0 Å². The van der Waals surface area contributed by atoms with Crippen LogP contribution in [0.15, 0.2) is 42.5 Å². The molecule has 158 valence electrons. The standard InChI is InChI=1S/C24H34NO2PS/c1-5-6-7-8-9-13-16-25-29-28(27,22-14-11-10-12-15-22)24(26)23-20(3)17-19(2)18-21(23)4/h10-12,14-15,17-18,25H,5-9,13,16H2,1-4H3. The molecule has 0 aliphatic carbocycles. The average Bonchev–Trinajstić information content (AvgIpc) is 2.69. The smallest absolute Gasteiger partial charge is 0.248 e. The topological polar surface area (TPSA) is 46.2 Å². The molecule has 0 aliphatic heterocycles. The summed E-state index contributed by atoms with van der Waals surface area (Å²) in [5.41, 5.74) is 3.22. The molecule has 0 heterocycles. The van der Waals surface area contributed by atoms with Crippen LogP contribution in [0.3, 0.4) is 0 Å². The third kappa shape index (κ3) is 6.57. The van der Waals surface area contributed by atoms with E-state index in [2.05, 4.69) is 11.6 Å². The Morgan fingerprint density at radius 1 is 0.931 bits per heavy atom. The van der Waals surface area contributed by atoms with Crippen LogP contribution >= 0.6 is 17.9 Å². The van der Waals surface area contributed by atoms with Gasteiger partial charge in [0, 0.05) is 17.4 Å². The number of benzene rings is 2. The Kier molecular flexibility index (Phi) is 9.68. The van der Waals surface area contributed by atoms with Crippen molar-refractivity contribution < 1.29 is 9.36 Å². The molecule has 0 amide bonds. The fourth-order valence-electron chi connectivity index (χ4n) is 3.61. The molecular formula is C24H34NO2PS. The summed E-state index contributed by atoms with van der Waals surface area (Å²) in [6, 6.07) is 13.2. The number of aryl methyl sites for hydroxylation is 3. The van der Waals surface area contributed by atoms with Gasteiger partial charge in [0.15, 0.2) is 0 Å². The molecule has 5 heteroatoms. The molecule has 1 N–H and O–H groups in total. The van der Waals surface area contributed by atoms with Gasteiger partial charge in [-0.1, -0.05) is 87.1 Å². The van der Waals surface area contributed by atoms with Crippen LogP contribution < -0.4 is 10.0 Å². The molecule has 0 fully saturated rings. The Balaban J connectivity index is 2.16. The fraction of sp³-hybridized carbons (Fsp3) is 0.458. The van der Waals surface area contributed by atoms with E-state index < -0.39 is 6.34 Å². The SMILES string of the molecule is CCCCCCCCNSP(=O)(C(=O)c1c(C)cc(C)cc1C)c1ccccc1. The second-order valence-corrected chi connectivity index (χ2v) is 12.3. The van der Waals surface area contributed by atoms with Crippen LogP contribution in [-0.4, -0.2) is 12.1 Å². The van der Waals surface area contributed by atoms with Gasteiger partial charge in [0.2, 0.25) is 11.9 Å². The van der Waals surface area contributed by atoms with Crippen LogP contribution in [0.2, 0.25) is 0 Å². The normalized spacial score (nSPS) is 13.2. The minimum Gasteiger partial charge on any atom is -0.297 e. The highest BCUT2D eigenvalue weighted by molar-refractivity contribution is 8.64. The minimum absolute atomic E-state index is 0.265. The van der Waals surface area contributed by atoms with Crippen molar-refractivity contribution >= 4 is 28.7 Å². The molecule has 0 bridgehead atoms. The quantitative estimate of drug-likeness (QED) is 0.224. The Labute approximate surface area is 180 Å². The zero-order valence-electron chi connectivity index (χ0n) is 18.2. The number of hydrogen-bond acceptors (Lipinski definition) is 4. The van der Waals surface area contributed by atoms with Crippen molar-refractivity contribution in [2.24, 2.45) is 0 Å². The lowest BCUT2D eigenvalue weighted by molar-refractivity contribution is 0.107. The van der Waals surface area contributed by atoms with Gasteiger partial charge in [0.1, 0.15) is 0 Å². The van der Waals surface area contributed by atoms with Crippen LogP contribution in [-0.2, 0) is 4.57 Å². The monoisotopic (exact) mass is 431 g/mol. The van der Waals surface area contributed by atoms with E-state index in [0.717, 1.165) is 47.6 Å². The molecule has 2 aromatic rings. The molecular weight excluding hydrogens is 397 g/mol. The highest BCUT2D eigenvalue weighted by atomic mass is 32.7. The number of carbonyl (C=O) groups excluding carboxylic acids is 1. The Morgan fingerprint density at radius 3 is 2.14 bits per heavy atom. The maximum atomic E-state index is 14.0. The third-order valence-electron chi connectivity index (χ3n) is 5.08. The second-order valence-electron chi connectivity index (χ2n) is 7.72. The lowest BCUT2D eigenvalue weighted by Gasteiger charge is -2.20. The number of nitrogens with one attached hydrogen (secondary N) is 1. The lowest BCUT2D eigenvalue weighted by atomic mass is 10.0. The van der Waals surface area contributed by atoms with Crippen molar-refractivity contribution in [1.82, 2.24) is 4.72 Å². The van der Waals surface area contributed by atoms with Gasteiger partial charge in [-0.2, -0.15) is 0 Å². The summed E-state index contributed by atoms with van der Waals surface area (Å²) < 4.78 is 17.3. The van der Waals surface area contributed by atoms with Gasteiger partial charge in [-0.25, -0.2) is 0 Å². The molecule has 1 unspecified atom stereocenters. The van der Waals surface area contributed by atoms with E-state index in [1.54, 1.807) is 12.1 Å². The molecule has 2 aromatic carbocycles. The first-order valence-electron chi connectivity index (χ1n) is 10.6. The first-order valence-corrected chi connectivity index (χ1v) is 13.7. The summed E-state index contributed by atoms with van der Waals surface area (Å²) in [5.74, 6) is 0. The molecule has 29 heavy (non-hydrogen) atoms. The Hall–Kier alpha value is -1.35. The predicted molar refractivity (Wildman–Crippen MR) is 128 cm³/mol. The van der Waals surface area contributed by atoms with Gasteiger partial charge in [-0.15, -0.1) is 0 Å². The summed E-state index contributed by atoms with van der Waals surface area (Å²) in [7, 11) is 0. The van der Waals surface area contributed by atoms with Crippen molar-refractivity contribution in [2.45, 2.75) is 66.2 Å². The van der Waals surface area contributed by atoms with Crippen molar-refractivity contribution in [3.8, 4) is 0 Å². The van der Waals surface area contributed by atoms with Crippen molar-refractivity contribution in [1.29, 1.82) is 0 Å². The average molecular weight is 432 g/mol. The Morgan fingerprint density at radius 2 is 1.52 bits per heavy atom. The highest BCUT2D eigenvalue weighted by Crippen LogP contribution is 2.58. The van der Waals surface area contributed by atoms with Crippen LogP contribution in [0.25, 0.3) is 0 Å². The maximum Gasteiger partial charge on any atom is 0.248 e. The van der Waals surface area contributed by atoms with Gasteiger partial charge in [0.25, 0.3) is 0 Å². The van der Waals surface area contributed by atoms with Gasteiger partial charge in [-0.05, 0) is 49.9 Å². The molecule has 0 aliphatic rings. The number of hydrogen-bond donors (Lipinski definition) is 1. The largest absolute Gasteiger partial charge is 0.297 e. The predicted octanol–water partition coefficient (Wildman–Crippen LogP) is 6.95. The minimum atomic E-state index is -3.35. The van der Waals surface area contributed by atoms with Crippen molar-refractivity contribution in [3.63, 3.8) is 0 Å². The van der Waals surface area contributed by atoms with E-state index in [1.807, 2.05) is 51.1 Å². The molecule has 0 radical (unpaired) electrons. The van der Waals surface area contributed by atoms with Crippen LogP contribution in [0.5, 0.6) is 0 Å². The van der Waals surface area contributed by atoms with Crippen LogP contribution in [0.4, 0.5) is 0 Å². The number of carbonyl (C=O) groups is 1. The maximum absolute atomic E-state index is 14.0. The van der Waals surface area contributed by atoms with E-state index in [4.69, 9.17) is 0 Å². The van der Waals surface area contributed by atoms with E-state index >= 15 is 0 Å². The van der Waals surface area contributed by atoms with Crippen molar-refractivity contribution in [3.05, 3.63) is 64.7 Å². The summed E-state index contributed by atoms with van der Waals surface area (Å²) >= 11 is 1.13. The zero-order chi connectivity index (χ0) is 21.3. The molecule has 0 spiro atoms. The summed E-state index contributed by atoms with van der Waals surface area (Å²) in [6.45, 7) is 8.84. The third-order valence-corrected chi connectivity index (χ3v) is 9.70. The first-order chi connectivity index (χ1) is 13.9. The molecule has 2 rings (SSSR count). The molecule has 0 saturated heterocycles. The van der Waals surface area contributed by atoms with Gasteiger partial charge in [0.05, 0.1) is 0 Å².